The summed E-state index contributed by atoms with van der Waals surface area (Å²) in [5.41, 5.74) is 2.02. The van der Waals surface area contributed by atoms with Crippen molar-refractivity contribution in [2.75, 3.05) is 32.8 Å². The van der Waals surface area contributed by atoms with E-state index in [2.05, 4.69) is 0 Å². The Balaban J connectivity index is 2.11. The second kappa shape index (κ2) is 5.16. The largest absolute Gasteiger partial charge is 0.419 e. The molecule has 0 aliphatic carbocycles. The molecule has 0 aromatic rings. The lowest BCUT2D eigenvalue weighted by Crippen LogP contribution is -2.53. The minimum atomic E-state index is -4.73. The number of likely N-dealkylation sites (tertiary alicyclic amines) is 1. The SMILES string of the molecule is NCC1(C(=O)N2CCC(O)(C(F)(F)F)C2)CCOCC1. The van der Waals surface area contributed by atoms with Gasteiger partial charge in [-0.05, 0) is 12.8 Å². The van der Waals surface area contributed by atoms with E-state index in [0.717, 1.165) is 4.90 Å². The Morgan fingerprint density at radius 1 is 1.30 bits per heavy atom. The minimum Gasteiger partial charge on any atom is -0.381 e. The summed E-state index contributed by atoms with van der Waals surface area (Å²) in [6, 6.07) is 0. The molecule has 1 atom stereocenters. The summed E-state index contributed by atoms with van der Waals surface area (Å²) < 4.78 is 43.5. The van der Waals surface area contributed by atoms with Gasteiger partial charge in [-0.25, -0.2) is 0 Å². The standard InChI is InChI=1S/C12H19F3N2O3/c13-12(14,15)11(19)1-4-17(8-11)9(18)10(7-16)2-5-20-6-3-10/h19H,1-8,16H2. The van der Waals surface area contributed by atoms with Gasteiger partial charge >= 0.3 is 6.18 Å². The Hall–Kier alpha value is -0.860. The van der Waals surface area contributed by atoms with Crippen LogP contribution in [-0.4, -0.2) is 60.5 Å². The number of alkyl halides is 3. The van der Waals surface area contributed by atoms with Crippen LogP contribution in [0.2, 0.25) is 0 Å². The number of β-amino-alcohol motifs (C(OH)–C–C–N with tert-alkyl or cyclic N) is 1. The van der Waals surface area contributed by atoms with Crippen LogP contribution < -0.4 is 5.73 Å². The van der Waals surface area contributed by atoms with Crippen molar-refractivity contribution in [3.8, 4) is 0 Å². The van der Waals surface area contributed by atoms with Crippen LogP contribution in [0.25, 0.3) is 0 Å². The van der Waals surface area contributed by atoms with Gasteiger partial charge in [-0.15, -0.1) is 0 Å². The van der Waals surface area contributed by atoms with Gasteiger partial charge in [0.1, 0.15) is 0 Å². The number of carbonyl (C=O) groups is 1. The summed E-state index contributed by atoms with van der Waals surface area (Å²) in [6.45, 7) is 0.0200. The first-order valence-electron chi connectivity index (χ1n) is 6.60. The molecule has 3 N–H and O–H groups in total. The molecule has 0 aromatic carbocycles. The van der Waals surface area contributed by atoms with Crippen molar-refractivity contribution in [2.24, 2.45) is 11.1 Å². The zero-order chi connectivity index (χ0) is 15.0. The van der Waals surface area contributed by atoms with Crippen molar-refractivity contribution in [1.82, 2.24) is 4.90 Å². The van der Waals surface area contributed by atoms with Crippen LogP contribution in [0.1, 0.15) is 19.3 Å². The number of carbonyl (C=O) groups excluding carboxylic acids is 1. The molecule has 0 radical (unpaired) electrons. The zero-order valence-electron chi connectivity index (χ0n) is 11.1. The summed E-state index contributed by atoms with van der Waals surface area (Å²) in [4.78, 5) is 13.6. The fourth-order valence-electron chi connectivity index (χ4n) is 2.80. The summed E-state index contributed by atoms with van der Waals surface area (Å²) in [5, 5.41) is 9.63. The molecule has 20 heavy (non-hydrogen) atoms. The zero-order valence-corrected chi connectivity index (χ0v) is 11.1. The molecule has 2 aliphatic heterocycles. The van der Waals surface area contributed by atoms with E-state index in [1.54, 1.807) is 0 Å². The molecule has 0 spiro atoms. The van der Waals surface area contributed by atoms with Gasteiger partial charge in [0.05, 0.1) is 12.0 Å². The van der Waals surface area contributed by atoms with E-state index in [4.69, 9.17) is 10.5 Å². The van der Waals surface area contributed by atoms with E-state index < -0.39 is 36.1 Å². The van der Waals surface area contributed by atoms with E-state index in [-0.39, 0.29) is 13.1 Å². The number of aliphatic hydroxyl groups is 1. The van der Waals surface area contributed by atoms with Gasteiger partial charge in [0.15, 0.2) is 5.60 Å². The lowest BCUT2D eigenvalue weighted by atomic mass is 9.79. The summed E-state index contributed by atoms with van der Waals surface area (Å²) >= 11 is 0. The molecule has 2 heterocycles. The fraction of sp³-hybridized carbons (Fsp3) is 0.917. The molecule has 0 saturated carbocycles. The molecule has 2 saturated heterocycles. The summed E-state index contributed by atoms with van der Waals surface area (Å²) in [5.74, 6) is -0.400. The highest BCUT2D eigenvalue weighted by Crippen LogP contribution is 2.40. The van der Waals surface area contributed by atoms with Crippen LogP contribution in [0.5, 0.6) is 0 Å². The minimum absolute atomic E-state index is 0.0795. The van der Waals surface area contributed by atoms with E-state index in [9.17, 15) is 23.1 Å². The first-order valence-corrected chi connectivity index (χ1v) is 6.60. The molecule has 0 bridgehead atoms. The predicted molar refractivity (Wildman–Crippen MR) is 63.7 cm³/mol. The Morgan fingerprint density at radius 2 is 1.90 bits per heavy atom. The van der Waals surface area contributed by atoms with Gasteiger partial charge in [-0.1, -0.05) is 0 Å². The van der Waals surface area contributed by atoms with Crippen molar-refractivity contribution < 1.29 is 27.8 Å². The van der Waals surface area contributed by atoms with Crippen molar-refractivity contribution in [3.63, 3.8) is 0 Å². The molecular formula is C12H19F3N2O3. The monoisotopic (exact) mass is 296 g/mol. The molecule has 2 rings (SSSR count). The van der Waals surface area contributed by atoms with Crippen LogP contribution in [-0.2, 0) is 9.53 Å². The Bertz CT molecular complexity index is 383. The highest BCUT2D eigenvalue weighted by Gasteiger charge is 2.59. The number of ether oxygens (including phenoxy) is 1. The second-order valence-electron chi connectivity index (χ2n) is 5.60. The first kappa shape index (κ1) is 15.5. The number of amides is 1. The highest BCUT2D eigenvalue weighted by atomic mass is 19.4. The lowest BCUT2D eigenvalue weighted by Gasteiger charge is -2.38. The van der Waals surface area contributed by atoms with E-state index in [0.29, 0.717) is 26.1 Å². The Morgan fingerprint density at radius 3 is 2.35 bits per heavy atom. The summed E-state index contributed by atoms with van der Waals surface area (Å²) in [7, 11) is 0. The third-order valence-electron chi connectivity index (χ3n) is 4.36. The normalized spacial score (nSPS) is 30.6. The van der Waals surface area contributed by atoms with Gasteiger partial charge in [-0.3, -0.25) is 4.79 Å². The topological polar surface area (TPSA) is 75.8 Å². The molecule has 116 valence electrons. The van der Waals surface area contributed by atoms with Crippen molar-refractivity contribution in [2.45, 2.75) is 31.0 Å². The quantitative estimate of drug-likeness (QED) is 0.767. The van der Waals surface area contributed by atoms with Crippen molar-refractivity contribution in [3.05, 3.63) is 0 Å². The number of hydrogen-bond acceptors (Lipinski definition) is 4. The number of rotatable bonds is 2. The number of nitrogens with zero attached hydrogens (tertiary/aromatic N) is 1. The van der Waals surface area contributed by atoms with Crippen LogP contribution in [0.4, 0.5) is 13.2 Å². The Labute approximate surface area is 114 Å². The number of nitrogens with two attached hydrogens (primary N) is 1. The van der Waals surface area contributed by atoms with Crippen molar-refractivity contribution in [1.29, 1.82) is 0 Å². The Kier molecular flexibility index (Phi) is 4.01. The van der Waals surface area contributed by atoms with Crippen LogP contribution in [0.15, 0.2) is 0 Å². The molecule has 8 heteroatoms. The maximum Gasteiger partial charge on any atom is 0.419 e. The van der Waals surface area contributed by atoms with E-state index in [1.807, 2.05) is 0 Å². The molecule has 2 fully saturated rings. The van der Waals surface area contributed by atoms with Gasteiger partial charge in [0, 0.05) is 32.7 Å². The third-order valence-corrected chi connectivity index (χ3v) is 4.36. The lowest BCUT2D eigenvalue weighted by molar-refractivity contribution is -0.253. The van der Waals surface area contributed by atoms with Crippen LogP contribution >= 0.6 is 0 Å². The molecule has 0 aromatic heterocycles. The molecule has 2 aliphatic rings. The number of hydrogen-bond donors (Lipinski definition) is 2. The maximum atomic E-state index is 12.8. The van der Waals surface area contributed by atoms with Gasteiger partial charge in [0.25, 0.3) is 0 Å². The van der Waals surface area contributed by atoms with Gasteiger partial charge < -0.3 is 20.5 Å². The second-order valence-corrected chi connectivity index (χ2v) is 5.60. The first-order chi connectivity index (χ1) is 9.24. The van der Waals surface area contributed by atoms with Gasteiger partial charge in [0.2, 0.25) is 5.91 Å². The molecule has 1 amide bonds. The van der Waals surface area contributed by atoms with Crippen LogP contribution in [0, 0.1) is 5.41 Å². The smallest absolute Gasteiger partial charge is 0.381 e. The highest BCUT2D eigenvalue weighted by molar-refractivity contribution is 5.83. The number of halogens is 3. The van der Waals surface area contributed by atoms with Crippen LogP contribution in [0.3, 0.4) is 0 Å². The van der Waals surface area contributed by atoms with Crippen molar-refractivity contribution >= 4 is 5.91 Å². The summed E-state index contributed by atoms with van der Waals surface area (Å²) in [6.07, 6.45) is -4.40. The molecular weight excluding hydrogens is 277 g/mol. The third kappa shape index (κ3) is 2.51. The average Bonchev–Trinajstić information content (AvgIpc) is 2.82. The van der Waals surface area contributed by atoms with E-state index >= 15 is 0 Å². The van der Waals surface area contributed by atoms with E-state index in [1.165, 1.54) is 0 Å². The maximum absolute atomic E-state index is 12.8. The fourth-order valence-corrected chi connectivity index (χ4v) is 2.80. The molecule has 1 unspecified atom stereocenters. The predicted octanol–water partition coefficient (Wildman–Crippen LogP) is 0.268. The van der Waals surface area contributed by atoms with Gasteiger partial charge in [-0.2, -0.15) is 13.2 Å². The average molecular weight is 296 g/mol. The molecule has 5 nitrogen and oxygen atoms in total.